The van der Waals surface area contributed by atoms with Gasteiger partial charge in [0.05, 0.1) is 31.3 Å². The molecule has 5 rings (SSSR count). The predicted molar refractivity (Wildman–Crippen MR) is 158 cm³/mol. The van der Waals surface area contributed by atoms with Gasteiger partial charge in [0.15, 0.2) is 23.1 Å². The van der Waals surface area contributed by atoms with E-state index < -0.39 is 47.3 Å². The van der Waals surface area contributed by atoms with Crippen molar-refractivity contribution < 1.29 is 45.8 Å². The van der Waals surface area contributed by atoms with Gasteiger partial charge in [-0.3, -0.25) is 19.5 Å². The average Bonchev–Trinajstić information content (AvgIpc) is 3.03. The van der Waals surface area contributed by atoms with Crippen LogP contribution in [0.15, 0.2) is 60.8 Å². The normalized spacial score (nSPS) is 13.8. The summed E-state index contributed by atoms with van der Waals surface area (Å²) in [5.74, 6) is -4.30. The molecule has 3 aromatic carbocycles. The number of carbonyl (C=O) groups excluding carboxylic acids is 2. The molecule has 1 aliphatic rings. The third-order valence-electron chi connectivity index (χ3n) is 7.54. The minimum atomic E-state index is -5.01. The molecule has 0 radical (unpaired) electrons. The second-order valence-corrected chi connectivity index (χ2v) is 10.6. The van der Waals surface area contributed by atoms with Crippen LogP contribution in [0.4, 0.5) is 27.6 Å². The monoisotopic (exact) mass is 644 g/mol. The highest BCUT2D eigenvalue weighted by atomic mass is 19.4. The summed E-state index contributed by atoms with van der Waals surface area (Å²) < 4.78 is 87.3. The summed E-state index contributed by atoms with van der Waals surface area (Å²) >= 11 is 0. The van der Waals surface area contributed by atoms with Crippen molar-refractivity contribution in [3.63, 3.8) is 0 Å². The Kier molecular flexibility index (Phi) is 9.56. The van der Waals surface area contributed by atoms with Crippen LogP contribution < -0.4 is 30.2 Å². The summed E-state index contributed by atoms with van der Waals surface area (Å²) in [5.41, 5.74) is 3.21. The molecule has 0 unspecified atom stereocenters. The van der Waals surface area contributed by atoms with Crippen molar-refractivity contribution in [1.29, 1.82) is 0 Å². The van der Waals surface area contributed by atoms with Gasteiger partial charge < -0.3 is 25.3 Å². The van der Waals surface area contributed by atoms with E-state index in [9.17, 15) is 27.2 Å². The number of rotatable bonds is 9. The molecule has 0 saturated carbocycles. The summed E-state index contributed by atoms with van der Waals surface area (Å²) in [7, 11) is 1.48. The molecule has 46 heavy (non-hydrogen) atoms. The number of nitrogens with two attached hydrogens (primary N) is 1. The number of alkyl halides is 3. The van der Waals surface area contributed by atoms with E-state index in [-0.39, 0.29) is 17.2 Å². The largest absolute Gasteiger partial charge is 0.493 e. The van der Waals surface area contributed by atoms with Crippen LogP contribution in [0.3, 0.4) is 0 Å². The van der Waals surface area contributed by atoms with Crippen LogP contribution in [0.5, 0.6) is 23.0 Å². The first-order valence-electron chi connectivity index (χ1n) is 14.2. The molecule has 14 heteroatoms. The van der Waals surface area contributed by atoms with Crippen molar-refractivity contribution >= 4 is 28.4 Å². The van der Waals surface area contributed by atoms with E-state index in [0.717, 1.165) is 50.2 Å². The molecule has 2 amide bonds. The molecule has 1 aliphatic heterocycles. The van der Waals surface area contributed by atoms with E-state index in [0.29, 0.717) is 45.9 Å². The summed E-state index contributed by atoms with van der Waals surface area (Å²) in [5, 5.41) is 3.79. The van der Waals surface area contributed by atoms with Gasteiger partial charge in [0.25, 0.3) is 0 Å². The lowest BCUT2D eigenvalue weighted by atomic mass is 9.99. The number of methoxy groups -OCH3 is 1. The number of amides is 2. The number of pyridine rings is 1. The molecule has 0 atom stereocenters. The fourth-order valence-electron chi connectivity index (χ4n) is 5.11. The minimum Gasteiger partial charge on any atom is -0.493 e. The Morgan fingerprint density at radius 1 is 1.00 bits per heavy atom. The maximum absolute atomic E-state index is 15.4. The molecular weight excluding hydrogens is 615 g/mol. The number of benzene rings is 3. The maximum Gasteiger partial charge on any atom is 0.419 e. The number of ether oxygens (including phenoxy) is 3. The zero-order chi connectivity index (χ0) is 33.0. The van der Waals surface area contributed by atoms with Crippen molar-refractivity contribution in [3.05, 3.63) is 83.6 Å². The molecule has 4 aromatic rings. The molecule has 242 valence electrons. The number of piperidine rings is 1. The minimum absolute atomic E-state index is 0.205. The van der Waals surface area contributed by atoms with E-state index in [1.54, 1.807) is 12.1 Å². The average molecular weight is 645 g/mol. The molecule has 9 nitrogen and oxygen atoms in total. The SMILES string of the molecule is COc1cc2c(Oc3ccc(N(Cc4cccc(C(F)(F)F)c4F)C(=O)C(N)=O)cc3F)ccnc2cc1OCC1CCNCC1. The van der Waals surface area contributed by atoms with Gasteiger partial charge in [0.1, 0.15) is 11.6 Å². The van der Waals surface area contributed by atoms with Gasteiger partial charge in [-0.15, -0.1) is 0 Å². The predicted octanol–water partition coefficient (Wildman–Crippen LogP) is 5.73. The van der Waals surface area contributed by atoms with E-state index >= 15 is 4.39 Å². The molecular formula is C32H29F5N4O5. The number of anilines is 1. The lowest BCUT2D eigenvalue weighted by Crippen LogP contribution is -2.40. The molecule has 1 saturated heterocycles. The number of halogens is 5. The summed E-state index contributed by atoms with van der Waals surface area (Å²) in [6.07, 6.45) is -1.56. The molecule has 0 bridgehead atoms. The Labute approximate surface area is 260 Å². The topological polar surface area (TPSA) is 116 Å². The number of carbonyl (C=O) groups is 2. The zero-order valence-electron chi connectivity index (χ0n) is 24.5. The summed E-state index contributed by atoms with van der Waals surface area (Å²) in [4.78, 5) is 29.3. The van der Waals surface area contributed by atoms with Crippen LogP contribution in [0.25, 0.3) is 10.9 Å². The highest BCUT2D eigenvalue weighted by Gasteiger charge is 2.35. The van der Waals surface area contributed by atoms with Crippen LogP contribution in [0.2, 0.25) is 0 Å². The molecule has 0 spiro atoms. The standard InChI is InChI=1S/C32H29F5N4O5/c1-44-27-14-21-24(15-28(27)45-17-18-7-10-39-11-8-18)40-12-9-25(21)46-26-6-5-20(13-23(26)33)41(31(43)30(38)42)16-19-3-2-4-22(29(19)34)32(35,36)37/h2-6,9,12-15,18,39H,7-8,10-11,16-17H2,1H3,(H2,38,42). The van der Waals surface area contributed by atoms with E-state index in [4.69, 9.17) is 19.9 Å². The van der Waals surface area contributed by atoms with Gasteiger partial charge >= 0.3 is 18.0 Å². The smallest absolute Gasteiger partial charge is 0.419 e. The van der Waals surface area contributed by atoms with Crippen LogP contribution >= 0.6 is 0 Å². The van der Waals surface area contributed by atoms with Crippen LogP contribution in [-0.2, 0) is 22.3 Å². The third kappa shape index (κ3) is 7.12. The van der Waals surface area contributed by atoms with Gasteiger partial charge in [0.2, 0.25) is 0 Å². The third-order valence-corrected chi connectivity index (χ3v) is 7.54. The van der Waals surface area contributed by atoms with Crippen LogP contribution in [-0.4, -0.2) is 43.6 Å². The summed E-state index contributed by atoms with van der Waals surface area (Å²) in [6, 6.07) is 10.5. The Bertz CT molecular complexity index is 1760. The van der Waals surface area contributed by atoms with E-state index in [1.807, 2.05) is 0 Å². The van der Waals surface area contributed by atoms with Gasteiger partial charge in [-0.1, -0.05) is 12.1 Å². The first-order valence-corrected chi connectivity index (χ1v) is 14.2. The van der Waals surface area contributed by atoms with E-state index in [2.05, 4.69) is 10.3 Å². The van der Waals surface area contributed by atoms with Gasteiger partial charge in [-0.25, -0.2) is 8.78 Å². The van der Waals surface area contributed by atoms with Crippen molar-refractivity contribution in [2.24, 2.45) is 11.7 Å². The van der Waals surface area contributed by atoms with Gasteiger partial charge in [0, 0.05) is 35.0 Å². The van der Waals surface area contributed by atoms with Crippen molar-refractivity contribution in [2.75, 3.05) is 31.7 Å². The lowest BCUT2D eigenvalue weighted by molar-refractivity contribution is -0.140. The Morgan fingerprint density at radius 3 is 2.43 bits per heavy atom. The van der Waals surface area contributed by atoms with Crippen molar-refractivity contribution in [2.45, 2.75) is 25.6 Å². The zero-order valence-corrected chi connectivity index (χ0v) is 24.5. The number of primary amides is 1. The second kappa shape index (κ2) is 13.6. The van der Waals surface area contributed by atoms with Crippen LogP contribution in [0.1, 0.15) is 24.0 Å². The Morgan fingerprint density at radius 2 is 1.76 bits per heavy atom. The highest BCUT2D eigenvalue weighted by molar-refractivity contribution is 6.39. The molecule has 0 aliphatic carbocycles. The van der Waals surface area contributed by atoms with Crippen LogP contribution in [0, 0.1) is 17.6 Å². The molecule has 3 N–H and O–H groups in total. The highest BCUT2D eigenvalue weighted by Crippen LogP contribution is 2.39. The summed E-state index contributed by atoms with van der Waals surface area (Å²) in [6.45, 7) is 1.52. The first-order chi connectivity index (χ1) is 22.0. The van der Waals surface area contributed by atoms with Gasteiger partial charge in [-0.05, 0) is 62.2 Å². The fourth-order valence-corrected chi connectivity index (χ4v) is 5.11. The van der Waals surface area contributed by atoms with Crippen molar-refractivity contribution in [1.82, 2.24) is 10.3 Å². The second-order valence-electron chi connectivity index (χ2n) is 10.6. The van der Waals surface area contributed by atoms with E-state index in [1.165, 1.54) is 25.4 Å². The Balaban J connectivity index is 1.41. The molecule has 2 heterocycles. The molecule has 1 fully saturated rings. The fraction of sp³-hybridized carbons (Fsp3) is 0.281. The van der Waals surface area contributed by atoms with Crippen molar-refractivity contribution in [3.8, 4) is 23.0 Å². The first kappa shape index (κ1) is 32.4. The number of hydrogen-bond acceptors (Lipinski definition) is 7. The molecule has 1 aromatic heterocycles. The number of aromatic nitrogens is 1. The number of nitrogens with one attached hydrogen (secondary N) is 1. The maximum atomic E-state index is 15.4. The number of nitrogens with zero attached hydrogens (tertiary/aromatic N) is 2. The lowest BCUT2D eigenvalue weighted by Gasteiger charge is -2.23. The quantitative estimate of drug-likeness (QED) is 0.177. The van der Waals surface area contributed by atoms with Gasteiger partial charge in [-0.2, -0.15) is 13.2 Å². The Hall–Kier alpha value is -4.98. The number of fused-ring (bicyclic) bond motifs is 1. The number of hydrogen-bond donors (Lipinski definition) is 2.